The topological polar surface area (TPSA) is 87.0 Å². The van der Waals surface area contributed by atoms with Gasteiger partial charge >= 0.3 is 0 Å². The number of para-hydroxylation sites is 1. The minimum atomic E-state index is -0.210. The van der Waals surface area contributed by atoms with E-state index in [0.717, 1.165) is 22.5 Å². The third-order valence-corrected chi connectivity index (χ3v) is 4.82. The van der Waals surface area contributed by atoms with E-state index in [4.69, 9.17) is 16.6 Å². The van der Waals surface area contributed by atoms with E-state index in [-0.39, 0.29) is 6.17 Å². The molecular formula is C18H15ClN8. The minimum Gasteiger partial charge on any atom is -0.344 e. The molecule has 2 N–H and O–H groups in total. The number of aliphatic imine (C=N–C) groups is 1. The summed E-state index contributed by atoms with van der Waals surface area (Å²) >= 11 is 6.50. The number of rotatable bonds is 3. The SMILES string of the molecule is CNC1c2[nH]cnc2N=CN1c1nc2cccnc2n1-c1ccccc1Cl. The Kier molecular flexibility index (Phi) is 3.66. The number of nitrogens with zero attached hydrogens (tertiary/aromatic N) is 6. The van der Waals surface area contributed by atoms with Gasteiger partial charge in [-0.1, -0.05) is 23.7 Å². The van der Waals surface area contributed by atoms with Crippen LogP contribution in [0.5, 0.6) is 0 Å². The molecule has 1 unspecified atom stereocenters. The highest BCUT2D eigenvalue weighted by Gasteiger charge is 2.31. The van der Waals surface area contributed by atoms with Gasteiger partial charge in [-0.25, -0.2) is 19.9 Å². The summed E-state index contributed by atoms with van der Waals surface area (Å²) in [4.78, 5) is 23.1. The first-order valence-electron chi connectivity index (χ1n) is 8.39. The van der Waals surface area contributed by atoms with Crippen LogP contribution in [-0.4, -0.2) is 37.9 Å². The predicted octanol–water partition coefficient (Wildman–Crippen LogP) is 3.20. The van der Waals surface area contributed by atoms with Gasteiger partial charge in [0.2, 0.25) is 5.95 Å². The van der Waals surface area contributed by atoms with Crippen molar-refractivity contribution in [2.24, 2.45) is 4.99 Å². The van der Waals surface area contributed by atoms with Crippen LogP contribution in [0.3, 0.4) is 0 Å². The Morgan fingerprint density at radius 1 is 1.15 bits per heavy atom. The molecule has 3 aromatic heterocycles. The second kappa shape index (κ2) is 6.19. The molecule has 1 aromatic carbocycles. The van der Waals surface area contributed by atoms with Crippen LogP contribution in [0.25, 0.3) is 16.9 Å². The van der Waals surface area contributed by atoms with Gasteiger partial charge in [-0.3, -0.25) is 14.8 Å². The van der Waals surface area contributed by atoms with E-state index >= 15 is 0 Å². The van der Waals surface area contributed by atoms with Crippen LogP contribution < -0.4 is 10.2 Å². The number of anilines is 1. The first-order chi connectivity index (χ1) is 13.3. The summed E-state index contributed by atoms with van der Waals surface area (Å²) in [5.41, 5.74) is 3.16. The summed E-state index contributed by atoms with van der Waals surface area (Å²) < 4.78 is 1.94. The Balaban J connectivity index is 1.77. The van der Waals surface area contributed by atoms with Crippen LogP contribution in [0.15, 0.2) is 53.9 Å². The van der Waals surface area contributed by atoms with Crippen molar-refractivity contribution < 1.29 is 0 Å². The van der Waals surface area contributed by atoms with Crippen molar-refractivity contribution in [2.45, 2.75) is 6.17 Å². The fraction of sp³-hybridized carbons (Fsp3) is 0.111. The average molecular weight is 379 g/mol. The van der Waals surface area contributed by atoms with E-state index in [1.807, 2.05) is 52.9 Å². The molecule has 1 atom stereocenters. The molecule has 9 heteroatoms. The summed E-state index contributed by atoms with van der Waals surface area (Å²) in [6.07, 6.45) is 4.89. The normalized spacial score (nSPS) is 16.1. The smallest absolute Gasteiger partial charge is 0.219 e. The number of halogens is 1. The average Bonchev–Trinajstić information content (AvgIpc) is 3.32. The lowest BCUT2D eigenvalue weighted by molar-refractivity contribution is 0.588. The molecule has 0 amide bonds. The van der Waals surface area contributed by atoms with Gasteiger partial charge in [-0.2, -0.15) is 0 Å². The molecule has 0 saturated heterocycles. The van der Waals surface area contributed by atoms with Crippen molar-refractivity contribution in [1.82, 2.24) is 29.8 Å². The largest absolute Gasteiger partial charge is 0.344 e. The highest BCUT2D eigenvalue weighted by molar-refractivity contribution is 6.32. The summed E-state index contributed by atoms with van der Waals surface area (Å²) in [5, 5.41) is 3.90. The monoisotopic (exact) mass is 378 g/mol. The van der Waals surface area contributed by atoms with E-state index < -0.39 is 0 Å². The highest BCUT2D eigenvalue weighted by atomic mass is 35.5. The molecule has 8 nitrogen and oxygen atoms in total. The third kappa shape index (κ3) is 2.42. The fourth-order valence-electron chi connectivity index (χ4n) is 3.30. The first-order valence-corrected chi connectivity index (χ1v) is 8.77. The molecule has 0 bridgehead atoms. The number of hydrogen-bond acceptors (Lipinski definition) is 6. The van der Waals surface area contributed by atoms with Crippen LogP contribution in [0.1, 0.15) is 11.9 Å². The van der Waals surface area contributed by atoms with Gasteiger partial charge in [0.05, 0.1) is 22.7 Å². The lowest BCUT2D eigenvalue weighted by Crippen LogP contribution is -2.39. The Morgan fingerprint density at radius 3 is 2.89 bits per heavy atom. The molecule has 27 heavy (non-hydrogen) atoms. The molecule has 0 spiro atoms. The number of aromatic nitrogens is 5. The van der Waals surface area contributed by atoms with Gasteiger partial charge in [-0.05, 0) is 31.3 Å². The molecular weight excluding hydrogens is 364 g/mol. The maximum absolute atomic E-state index is 6.50. The second-order valence-corrected chi connectivity index (χ2v) is 6.43. The fourth-order valence-corrected chi connectivity index (χ4v) is 3.52. The zero-order chi connectivity index (χ0) is 18.4. The number of benzene rings is 1. The predicted molar refractivity (Wildman–Crippen MR) is 105 cm³/mol. The summed E-state index contributed by atoms with van der Waals surface area (Å²) in [5.74, 6) is 1.31. The van der Waals surface area contributed by atoms with E-state index in [2.05, 4.69) is 25.3 Å². The summed E-state index contributed by atoms with van der Waals surface area (Å²) in [7, 11) is 1.88. The number of imidazole rings is 2. The molecule has 0 saturated carbocycles. The van der Waals surface area contributed by atoms with Crippen molar-refractivity contribution in [1.29, 1.82) is 0 Å². The number of pyridine rings is 1. The van der Waals surface area contributed by atoms with Gasteiger partial charge in [0.1, 0.15) is 18.0 Å². The summed E-state index contributed by atoms with van der Waals surface area (Å²) in [6.45, 7) is 0. The van der Waals surface area contributed by atoms with Crippen LogP contribution in [-0.2, 0) is 0 Å². The molecule has 4 aromatic rings. The molecule has 1 aliphatic heterocycles. The Bertz CT molecular complexity index is 1160. The van der Waals surface area contributed by atoms with Crippen LogP contribution >= 0.6 is 11.6 Å². The van der Waals surface area contributed by atoms with Gasteiger partial charge in [0, 0.05) is 6.20 Å². The van der Waals surface area contributed by atoms with Crippen molar-refractivity contribution in [3.8, 4) is 5.69 Å². The zero-order valence-electron chi connectivity index (χ0n) is 14.3. The summed E-state index contributed by atoms with van der Waals surface area (Å²) in [6, 6.07) is 11.4. The standard InChI is InChI=1S/C18H15ClN8/c1-20-17-14-15(23-9-22-14)24-10-26(17)18-25-12-6-4-8-21-16(12)27(18)13-7-3-2-5-11(13)19/h2-10,17,20H,1H3,(H,22,23). The zero-order valence-corrected chi connectivity index (χ0v) is 15.1. The van der Waals surface area contributed by atoms with Gasteiger partial charge < -0.3 is 4.98 Å². The quantitative estimate of drug-likeness (QED) is 0.571. The van der Waals surface area contributed by atoms with Crippen LogP contribution in [0.4, 0.5) is 11.8 Å². The maximum Gasteiger partial charge on any atom is 0.219 e. The van der Waals surface area contributed by atoms with Gasteiger partial charge in [0.25, 0.3) is 0 Å². The minimum absolute atomic E-state index is 0.210. The lowest BCUT2D eigenvalue weighted by Gasteiger charge is -2.30. The Hall–Kier alpha value is -3.23. The van der Waals surface area contributed by atoms with Crippen LogP contribution in [0, 0.1) is 0 Å². The number of hydrogen-bond donors (Lipinski definition) is 2. The number of nitrogens with one attached hydrogen (secondary N) is 2. The molecule has 0 aliphatic carbocycles. The van der Waals surface area contributed by atoms with E-state index in [9.17, 15) is 0 Å². The molecule has 0 radical (unpaired) electrons. The first kappa shape index (κ1) is 16.0. The molecule has 5 rings (SSSR count). The maximum atomic E-state index is 6.50. The number of aromatic amines is 1. The number of fused-ring (bicyclic) bond motifs is 2. The van der Waals surface area contributed by atoms with Crippen molar-refractivity contribution in [2.75, 3.05) is 11.9 Å². The second-order valence-electron chi connectivity index (χ2n) is 6.03. The van der Waals surface area contributed by atoms with E-state index in [1.54, 1.807) is 18.9 Å². The Labute approximate surface area is 159 Å². The molecule has 0 fully saturated rings. The number of H-pyrrole nitrogens is 1. The Morgan fingerprint density at radius 2 is 2.04 bits per heavy atom. The van der Waals surface area contributed by atoms with E-state index in [1.165, 1.54) is 0 Å². The van der Waals surface area contributed by atoms with Crippen molar-refractivity contribution in [3.63, 3.8) is 0 Å². The van der Waals surface area contributed by atoms with Crippen molar-refractivity contribution >= 4 is 40.9 Å². The van der Waals surface area contributed by atoms with E-state index in [0.29, 0.717) is 16.8 Å². The van der Waals surface area contributed by atoms with Crippen LogP contribution in [0.2, 0.25) is 5.02 Å². The van der Waals surface area contributed by atoms with Gasteiger partial charge in [-0.15, -0.1) is 0 Å². The molecule has 4 heterocycles. The van der Waals surface area contributed by atoms with Gasteiger partial charge in [0.15, 0.2) is 11.5 Å². The highest BCUT2D eigenvalue weighted by Crippen LogP contribution is 2.35. The van der Waals surface area contributed by atoms with Crippen molar-refractivity contribution in [3.05, 3.63) is 59.6 Å². The third-order valence-electron chi connectivity index (χ3n) is 4.50. The molecule has 1 aliphatic rings. The molecule has 134 valence electrons. The lowest BCUT2D eigenvalue weighted by atomic mass is 10.3.